The summed E-state index contributed by atoms with van der Waals surface area (Å²) in [5.41, 5.74) is 0. The van der Waals surface area contributed by atoms with Gasteiger partial charge in [-0.1, -0.05) is 365 Å². The second-order valence-electron chi connectivity index (χ2n) is 26.3. The number of aliphatic hydroxyl groups excluding tert-OH is 2. The van der Waals surface area contributed by atoms with Crippen molar-refractivity contribution in [2.24, 2.45) is 0 Å². The Bertz CT molecular complexity index is 1360. The molecule has 0 aliphatic rings. The molecule has 0 rings (SSSR count). The first kappa shape index (κ1) is 82.1. The molecule has 1 amide bonds. The van der Waals surface area contributed by atoms with Crippen LogP contribution >= 0.6 is 0 Å². The van der Waals surface area contributed by atoms with E-state index in [1.807, 2.05) is 6.08 Å². The summed E-state index contributed by atoms with van der Waals surface area (Å²) in [6, 6.07) is -0.630. The molecule has 0 bridgehead atoms. The van der Waals surface area contributed by atoms with Crippen molar-refractivity contribution in [1.29, 1.82) is 0 Å². The van der Waals surface area contributed by atoms with Crippen molar-refractivity contribution in [2.75, 3.05) is 13.2 Å². The first-order chi connectivity index (χ1) is 41.5. The van der Waals surface area contributed by atoms with E-state index >= 15 is 0 Å². The number of hydrogen-bond donors (Lipinski definition) is 3. The summed E-state index contributed by atoms with van der Waals surface area (Å²) in [5, 5.41) is 23.3. The average Bonchev–Trinajstić information content (AvgIpc) is 3.52. The van der Waals surface area contributed by atoms with Crippen LogP contribution in [0.25, 0.3) is 0 Å². The zero-order valence-electron chi connectivity index (χ0n) is 56.9. The molecule has 0 spiro atoms. The first-order valence-corrected chi connectivity index (χ1v) is 38.3. The third-order valence-corrected chi connectivity index (χ3v) is 17.9. The summed E-state index contributed by atoms with van der Waals surface area (Å²) in [6.45, 7) is 4.94. The fraction of sp³-hybridized carbons (Fsp3) is 0.897. The number of hydrogen-bond acceptors (Lipinski definition) is 5. The van der Waals surface area contributed by atoms with E-state index in [9.17, 15) is 19.8 Å². The van der Waals surface area contributed by atoms with Crippen LogP contribution < -0.4 is 5.32 Å². The van der Waals surface area contributed by atoms with Crippen molar-refractivity contribution >= 4 is 11.9 Å². The lowest BCUT2D eigenvalue weighted by molar-refractivity contribution is -0.143. The molecule has 0 fully saturated rings. The number of ether oxygens (including phenoxy) is 1. The second kappa shape index (κ2) is 73.5. The Morgan fingerprint density at radius 1 is 0.321 bits per heavy atom. The maximum absolute atomic E-state index is 12.5. The van der Waals surface area contributed by atoms with Crippen LogP contribution in [0.1, 0.15) is 425 Å². The molecule has 2 atom stereocenters. The third-order valence-electron chi connectivity index (χ3n) is 17.9. The summed E-state index contributed by atoms with van der Waals surface area (Å²) in [6.07, 6.45) is 95.3. The highest BCUT2D eigenvalue weighted by atomic mass is 16.5. The Morgan fingerprint density at radius 3 is 0.845 bits per heavy atom. The number of esters is 1. The lowest BCUT2D eigenvalue weighted by atomic mass is 10.0. The van der Waals surface area contributed by atoms with E-state index in [0.717, 1.165) is 44.9 Å². The number of carbonyl (C=O) groups is 2. The summed E-state index contributed by atoms with van der Waals surface area (Å²) < 4.78 is 5.50. The van der Waals surface area contributed by atoms with Crippen LogP contribution in [0, 0.1) is 0 Å². The Balaban J connectivity index is 3.40. The molecule has 84 heavy (non-hydrogen) atoms. The molecule has 0 aromatic carbocycles. The van der Waals surface area contributed by atoms with Crippen LogP contribution in [0.15, 0.2) is 36.5 Å². The van der Waals surface area contributed by atoms with Crippen molar-refractivity contribution in [1.82, 2.24) is 5.32 Å². The van der Waals surface area contributed by atoms with Crippen molar-refractivity contribution < 1.29 is 24.5 Å². The average molecular weight is 1180 g/mol. The highest BCUT2D eigenvalue weighted by Gasteiger charge is 2.18. The summed E-state index contributed by atoms with van der Waals surface area (Å²) >= 11 is 0. The van der Waals surface area contributed by atoms with Gasteiger partial charge in [0.1, 0.15) is 0 Å². The van der Waals surface area contributed by atoms with Gasteiger partial charge in [0, 0.05) is 12.8 Å². The minimum Gasteiger partial charge on any atom is -0.466 e. The SMILES string of the molecule is CCCCCCCC/C=C\CCCCCCCCCC(=O)OCCCCCCCCCCCCCC/C=C\CCCCCCCCCCCCCC(=O)NC(CO)C(O)/C=C/CCCCCCCCCCCCCCCCCCCCCCC. The molecule has 6 nitrogen and oxygen atoms in total. The van der Waals surface area contributed by atoms with E-state index in [1.54, 1.807) is 6.08 Å². The van der Waals surface area contributed by atoms with Gasteiger partial charge in [-0.15, -0.1) is 0 Å². The molecule has 6 heteroatoms. The molecule has 496 valence electrons. The van der Waals surface area contributed by atoms with Gasteiger partial charge in [-0.05, 0) is 83.5 Å². The molecule has 0 aromatic rings. The van der Waals surface area contributed by atoms with E-state index in [-0.39, 0.29) is 18.5 Å². The molecular weight excluding hydrogens is 1030 g/mol. The summed E-state index contributed by atoms with van der Waals surface area (Å²) in [5.74, 6) is -0.0523. The molecule has 0 aliphatic carbocycles. The predicted molar refractivity (Wildman–Crippen MR) is 370 cm³/mol. The van der Waals surface area contributed by atoms with Crippen LogP contribution in [0.5, 0.6) is 0 Å². The Morgan fingerprint density at radius 2 is 0.560 bits per heavy atom. The van der Waals surface area contributed by atoms with Crippen LogP contribution in [0.4, 0.5) is 0 Å². The second-order valence-corrected chi connectivity index (χ2v) is 26.3. The topological polar surface area (TPSA) is 95.9 Å². The van der Waals surface area contributed by atoms with Gasteiger partial charge in [0.15, 0.2) is 0 Å². The van der Waals surface area contributed by atoms with E-state index in [2.05, 4.69) is 43.5 Å². The number of rotatable bonds is 72. The quantitative estimate of drug-likeness (QED) is 0.0320. The molecule has 0 saturated carbocycles. The van der Waals surface area contributed by atoms with Crippen LogP contribution in [0.2, 0.25) is 0 Å². The van der Waals surface area contributed by atoms with Crippen molar-refractivity contribution in [3.63, 3.8) is 0 Å². The van der Waals surface area contributed by atoms with Gasteiger partial charge < -0.3 is 20.3 Å². The lowest BCUT2D eigenvalue weighted by Crippen LogP contribution is -2.45. The Hall–Kier alpha value is -1.92. The highest BCUT2D eigenvalue weighted by Crippen LogP contribution is 2.19. The minimum atomic E-state index is -0.847. The molecule has 0 aliphatic heterocycles. The maximum atomic E-state index is 12.5. The van der Waals surface area contributed by atoms with Gasteiger partial charge in [-0.2, -0.15) is 0 Å². The predicted octanol–water partition coefficient (Wildman–Crippen LogP) is 25.0. The van der Waals surface area contributed by atoms with Gasteiger partial charge in [0.2, 0.25) is 5.91 Å². The van der Waals surface area contributed by atoms with Crippen LogP contribution in [-0.4, -0.2) is 47.4 Å². The zero-order chi connectivity index (χ0) is 60.6. The third kappa shape index (κ3) is 69.2. The molecule has 0 saturated heterocycles. The van der Waals surface area contributed by atoms with Crippen molar-refractivity contribution in [2.45, 2.75) is 437 Å². The molecule has 0 aromatic heterocycles. The fourth-order valence-electron chi connectivity index (χ4n) is 12.0. The number of carbonyl (C=O) groups excluding carboxylic acids is 2. The molecule has 3 N–H and O–H groups in total. The molecule has 2 unspecified atom stereocenters. The molecule has 0 radical (unpaired) electrons. The first-order valence-electron chi connectivity index (χ1n) is 38.3. The van der Waals surface area contributed by atoms with E-state index in [0.29, 0.717) is 19.4 Å². The van der Waals surface area contributed by atoms with E-state index < -0.39 is 12.1 Å². The monoisotopic (exact) mass is 1180 g/mol. The smallest absolute Gasteiger partial charge is 0.305 e. The minimum absolute atomic E-state index is 0.0122. The van der Waals surface area contributed by atoms with Crippen molar-refractivity contribution in [3.05, 3.63) is 36.5 Å². The van der Waals surface area contributed by atoms with Crippen LogP contribution in [-0.2, 0) is 14.3 Å². The van der Waals surface area contributed by atoms with E-state index in [4.69, 9.17) is 4.74 Å². The largest absolute Gasteiger partial charge is 0.466 e. The zero-order valence-corrected chi connectivity index (χ0v) is 56.9. The van der Waals surface area contributed by atoms with Gasteiger partial charge >= 0.3 is 5.97 Å². The maximum Gasteiger partial charge on any atom is 0.305 e. The summed E-state index contributed by atoms with van der Waals surface area (Å²) in [7, 11) is 0. The molecule has 0 heterocycles. The van der Waals surface area contributed by atoms with Crippen molar-refractivity contribution in [3.8, 4) is 0 Å². The Kier molecular flexibility index (Phi) is 71.9. The summed E-state index contributed by atoms with van der Waals surface area (Å²) in [4.78, 5) is 24.6. The fourth-order valence-corrected chi connectivity index (χ4v) is 12.0. The van der Waals surface area contributed by atoms with Gasteiger partial charge in [-0.25, -0.2) is 0 Å². The normalized spacial score (nSPS) is 12.7. The number of unbranched alkanes of at least 4 members (excludes halogenated alkanes) is 57. The van der Waals surface area contributed by atoms with Gasteiger partial charge in [0.25, 0.3) is 0 Å². The number of amides is 1. The van der Waals surface area contributed by atoms with Gasteiger partial charge in [-0.3, -0.25) is 9.59 Å². The number of aliphatic hydroxyl groups is 2. The number of nitrogens with one attached hydrogen (secondary N) is 1. The highest BCUT2D eigenvalue weighted by molar-refractivity contribution is 5.76. The number of allylic oxidation sites excluding steroid dienone is 5. The van der Waals surface area contributed by atoms with Gasteiger partial charge in [0.05, 0.1) is 25.4 Å². The van der Waals surface area contributed by atoms with E-state index in [1.165, 1.54) is 353 Å². The Labute approximate surface area is 525 Å². The lowest BCUT2D eigenvalue weighted by Gasteiger charge is -2.20. The molecular formula is C78H149NO5. The standard InChI is InChI=1S/C78H149NO5/c1-3-5-7-9-11-13-15-17-19-21-22-23-29-32-35-39-42-46-50-54-58-62-66-70-76(81)75(74-80)79-77(82)71-67-63-59-55-51-47-43-40-36-33-30-27-25-24-26-28-31-34-37-41-45-49-53-57-61-65-69-73-84-78(83)72-68-64-60-56-52-48-44-38-20-18-16-14-12-10-8-6-4-2/h18,20,24-25,66,70,75-76,80-81H,3-17,19,21-23,26-65,67-69,71-74H2,1-2H3,(H,79,82)/b20-18-,25-24-,70-66+. The van der Waals surface area contributed by atoms with Crippen LogP contribution in [0.3, 0.4) is 0 Å².